The van der Waals surface area contributed by atoms with E-state index in [-0.39, 0.29) is 18.1 Å². The van der Waals surface area contributed by atoms with Gasteiger partial charge in [0.15, 0.2) is 0 Å². The lowest BCUT2D eigenvalue weighted by Gasteiger charge is -2.22. The molecule has 5 heteroatoms. The van der Waals surface area contributed by atoms with E-state index in [0.29, 0.717) is 12.2 Å². The fourth-order valence-corrected chi connectivity index (χ4v) is 2.37. The van der Waals surface area contributed by atoms with Crippen molar-refractivity contribution in [2.45, 2.75) is 50.8 Å². The van der Waals surface area contributed by atoms with E-state index in [1.54, 1.807) is 12.1 Å². The van der Waals surface area contributed by atoms with Crippen molar-refractivity contribution in [1.82, 2.24) is 10.6 Å². The Labute approximate surface area is 119 Å². The summed E-state index contributed by atoms with van der Waals surface area (Å²) in [6, 6.07) is 3.37. The molecule has 3 atom stereocenters. The van der Waals surface area contributed by atoms with Crippen LogP contribution in [0.5, 0.6) is 0 Å². The summed E-state index contributed by atoms with van der Waals surface area (Å²) in [5.74, 6) is 0.525. The third kappa shape index (κ3) is 4.42. The number of hydrogen-bond acceptors (Lipinski definition) is 3. The van der Waals surface area contributed by atoms with Crippen LogP contribution < -0.4 is 10.6 Å². The predicted molar refractivity (Wildman–Crippen MR) is 76.2 cm³/mol. The van der Waals surface area contributed by atoms with Gasteiger partial charge in [-0.2, -0.15) is 0 Å². The second-order valence-electron chi connectivity index (χ2n) is 5.27. The monoisotopic (exact) mass is 278 g/mol. The lowest BCUT2D eigenvalue weighted by molar-refractivity contribution is 0.129. The Morgan fingerprint density at radius 2 is 2.40 bits per heavy atom. The summed E-state index contributed by atoms with van der Waals surface area (Å²) >= 11 is 0. The zero-order valence-corrected chi connectivity index (χ0v) is 11.7. The van der Waals surface area contributed by atoms with Crippen LogP contribution in [0.15, 0.2) is 35.0 Å². The van der Waals surface area contributed by atoms with Crippen molar-refractivity contribution in [1.29, 1.82) is 0 Å². The Bertz CT molecular complexity index is 442. The molecular weight excluding hydrogens is 256 g/mol. The van der Waals surface area contributed by atoms with E-state index < -0.39 is 6.10 Å². The molecule has 20 heavy (non-hydrogen) atoms. The number of allylic oxidation sites excluding steroid dienone is 1. The molecule has 1 aliphatic carbocycles. The first-order valence-corrected chi connectivity index (χ1v) is 7.08. The van der Waals surface area contributed by atoms with Gasteiger partial charge >= 0.3 is 6.03 Å². The minimum absolute atomic E-state index is 0.130. The van der Waals surface area contributed by atoms with Crippen molar-refractivity contribution in [2.24, 2.45) is 0 Å². The molecule has 1 aliphatic rings. The molecule has 1 heterocycles. The summed E-state index contributed by atoms with van der Waals surface area (Å²) in [4.78, 5) is 11.8. The van der Waals surface area contributed by atoms with Gasteiger partial charge in [0.1, 0.15) is 11.9 Å². The molecule has 0 fully saturated rings. The second kappa shape index (κ2) is 7.14. The summed E-state index contributed by atoms with van der Waals surface area (Å²) in [6.45, 7) is 1.87. The first kappa shape index (κ1) is 14.7. The van der Waals surface area contributed by atoms with E-state index in [2.05, 4.69) is 22.8 Å². The van der Waals surface area contributed by atoms with E-state index >= 15 is 0 Å². The number of rotatable bonds is 5. The Kier molecular flexibility index (Phi) is 5.24. The summed E-state index contributed by atoms with van der Waals surface area (Å²) in [7, 11) is 0. The highest BCUT2D eigenvalue weighted by Gasteiger charge is 2.18. The third-order valence-electron chi connectivity index (χ3n) is 3.43. The number of nitrogens with one attached hydrogen (secondary N) is 2. The molecule has 0 unspecified atom stereocenters. The van der Waals surface area contributed by atoms with E-state index in [1.807, 2.05) is 6.92 Å². The molecule has 3 N–H and O–H groups in total. The molecule has 0 radical (unpaired) electrons. The van der Waals surface area contributed by atoms with Gasteiger partial charge in [-0.25, -0.2) is 4.79 Å². The van der Waals surface area contributed by atoms with Gasteiger partial charge in [0.25, 0.3) is 0 Å². The lowest BCUT2D eigenvalue weighted by atomic mass is 10.0. The van der Waals surface area contributed by atoms with Gasteiger partial charge < -0.3 is 20.2 Å². The molecule has 0 aliphatic heterocycles. The number of carbonyl (C=O) groups is 1. The Morgan fingerprint density at radius 1 is 1.55 bits per heavy atom. The van der Waals surface area contributed by atoms with Crippen molar-refractivity contribution in [3.05, 3.63) is 36.3 Å². The number of aliphatic hydroxyl groups excluding tert-OH is 1. The van der Waals surface area contributed by atoms with E-state index in [9.17, 15) is 9.90 Å². The average Bonchev–Trinajstić information content (AvgIpc) is 2.93. The molecule has 0 saturated carbocycles. The van der Waals surface area contributed by atoms with Crippen LogP contribution in [-0.2, 0) is 0 Å². The van der Waals surface area contributed by atoms with E-state index in [1.165, 1.54) is 6.26 Å². The summed E-state index contributed by atoms with van der Waals surface area (Å²) in [5, 5.41) is 15.7. The maximum atomic E-state index is 11.8. The highest BCUT2D eigenvalue weighted by atomic mass is 16.4. The van der Waals surface area contributed by atoms with Crippen LogP contribution in [0.3, 0.4) is 0 Å². The predicted octanol–water partition coefficient (Wildman–Crippen LogP) is 2.50. The molecule has 110 valence electrons. The molecule has 0 bridgehead atoms. The van der Waals surface area contributed by atoms with Gasteiger partial charge in [0, 0.05) is 18.5 Å². The minimum atomic E-state index is -0.696. The van der Waals surface area contributed by atoms with Gasteiger partial charge in [-0.1, -0.05) is 12.2 Å². The number of aliphatic hydroxyl groups is 1. The first-order chi connectivity index (χ1) is 9.65. The zero-order valence-electron chi connectivity index (χ0n) is 11.7. The third-order valence-corrected chi connectivity index (χ3v) is 3.43. The van der Waals surface area contributed by atoms with Crippen molar-refractivity contribution in [3.8, 4) is 0 Å². The van der Waals surface area contributed by atoms with Crippen LogP contribution in [0, 0.1) is 0 Å². The molecule has 1 aromatic rings. The summed E-state index contributed by atoms with van der Waals surface area (Å²) < 4.78 is 5.14. The van der Waals surface area contributed by atoms with Gasteiger partial charge in [-0.05, 0) is 38.3 Å². The SMILES string of the molecule is C[C@H](C[C@@H](O)c1ccco1)NC(=O)N[C@H]1CC=CCC1. The average molecular weight is 278 g/mol. The molecule has 0 spiro atoms. The molecule has 0 saturated heterocycles. The van der Waals surface area contributed by atoms with Crippen molar-refractivity contribution >= 4 is 6.03 Å². The largest absolute Gasteiger partial charge is 0.467 e. The van der Waals surface area contributed by atoms with Crippen molar-refractivity contribution in [3.63, 3.8) is 0 Å². The fourth-order valence-electron chi connectivity index (χ4n) is 2.37. The van der Waals surface area contributed by atoms with Gasteiger partial charge in [0.05, 0.1) is 6.26 Å². The fraction of sp³-hybridized carbons (Fsp3) is 0.533. The number of furan rings is 1. The quantitative estimate of drug-likeness (QED) is 0.724. The van der Waals surface area contributed by atoms with Crippen LogP contribution in [0.4, 0.5) is 4.79 Å². The molecule has 0 aromatic carbocycles. The molecule has 2 amide bonds. The standard InChI is InChI=1S/C15H22N2O3/c1-11(10-13(18)14-8-5-9-20-14)16-15(19)17-12-6-3-2-4-7-12/h2-3,5,8-9,11-13,18H,4,6-7,10H2,1H3,(H2,16,17,19)/t11-,12+,13-/m1/s1. The van der Waals surface area contributed by atoms with Crippen LogP contribution in [0.2, 0.25) is 0 Å². The van der Waals surface area contributed by atoms with Crippen LogP contribution in [0.1, 0.15) is 44.5 Å². The first-order valence-electron chi connectivity index (χ1n) is 7.08. The van der Waals surface area contributed by atoms with Crippen LogP contribution in [0.25, 0.3) is 0 Å². The highest BCUT2D eigenvalue weighted by Crippen LogP contribution is 2.18. The number of carbonyl (C=O) groups excluding carboxylic acids is 1. The van der Waals surface area contributed by atoms with Gasteiger partial charge in [0.2, 0.25) is 0 Å². The normalized spacial score (nSPS) is 21.2. The molecule has 1 aromatic heterocycles. The van der Waals surface area contributed by atoms with Crippen LogP contribution in [-0.4, -0.2) is 23.2 Å². The molecular formula is C15H22N2O3. The Balaban J connectivity index is 1.72. The van der Waals surface area contributed by atoms with Crippen molar-refractivity contribution in [2.75, 3.05) is 0 Å². The lowest BCUT2D eigenvalue weighted by Crippen LogP contribution is -2.46. The molecule has 5 nitrogen and oxygen atoms in total. The van der Waals surface area contributed by atoms with Gasteiger partial charge in [-0.15, -0.1) is 0 Å². The smallest absolute Gasteiger partial charge is 0.315 e. The number of amides is 2. The van der Waals surface area contributed by atoms with Gasteiger partial charge in [-0.3, -0.25) is 0 Å². The topological polar surface area (TPSA) is 74.5 Å². The van der Waals surface area contributed by atoms with Crippen LogP contribution >= 0.6 is 0 Å². The highest BCUT2D eigenvalue weighted by molar-refractivity contribution is 5.74. The molecule has 2 rings (SSSR count). The maximum absolute atomic E-state index is 11.8. The van der Waals surface area contributed by atoms with E-state index in [4.69, 9.17) is 4.42 Å². The zero-order chi connectivity index (χ0) is 14.4. The number of urea groups is 1. The summed E-state index contributed by atoms with van der Waals surface area (Å²) in [5.41, 5.74) is 0. The Morgan fingerprint density at radius 3 is 3.05 bits per heavy atom. The Hall–Kier alpha value is -1.75. The van der Waals surface area contributed by atoms with E-state index in [0.717, 1.165) is 19.3 Å². The summed E-state index contributed by atoms with van der Waals surface area (Å²) in [6.07, 6.45) is 8.36. The van der Waals surface area contributed by atoms with Crippen molar-refractivity contribution < 1.29 is 14.3 Å². The second-order valence-corrected chi connectivity index (χ2v) is 5.27. The number of hydrogen-bond donors (Lipinski definition) is 3. The minimum Gasteiger partial charge on any atom is -0.467 e. The maximum Gasteiger partial charge on any atom is 0.315 e.